The highest BCUT2D eigenvalue weighted by atomic mass is 32.2. The Balaban J connectivity index is 1.81. The highest BCUT2D eigenvalue weighted by Crippen LogP contribution is 2.44. The van der Waals surface area contributed by atoms with E-state index in [0.717, 1.165) is 34.6 Å². The van der Waals surface area contributed by atoms with E-state index in [-0.39, 0.29) is 22.8 Å². The van der Waals surface area contributed by atoms with Crippen LogP contribution in [-0.4, -0.2) is 24.9 Å². The molecule has 34 heavy (non-hydrogen) atoms. The predicted molar refractivity (Wildman–Crippen MR) is 107 cm³/mol. The Morgan fingerprint density at radius 2 is 1.65 bits per heavy atom. The fourth-order valence-electron chi connectivity index (χ4n) is 3.28. The van der Waals surface area contributed by atoms with Crippen LogP contribution in [0.5, 0.6) is 11.5 Å². The predicted octanol–water partition coefficient (Wildman–Crippen LogP) is 5.16. The van der Waals surface area contributed by atoms with Gasteiger partial charge in [-0.2, -0.15) is 13.2 Å². The first-order valence-corrected chi connectivity index (χ1v) is 10.7. The van der Waals surface area contributed by atoms with Crippen LogP contribution in [0.3, 0.4) is 0 Å². The lowest BCUT2D eigenvalue weighted by atomic mass is 10.2. The van der Waals surface area contributed by atoms with Crippen LogP contribution < -0.4 is 14.4 Å². The summed E-state index contributed by atoms with van der Waals surface area (Å²) in [6.07, 6.45) is -9.73. The van der Waals surface area contributed by atoms with Crippen LogP contribution in [0.2, 0.25) is 0 Å². The van der Waals surface area contributed by atoms with E-state index < -0.39 is 51.2 Å². The minimum atomic E-state index is -4.98. The van der Waals surface area contributed by atoms with Crippen LogP contribution in [0.15, 0.2) is 59.5 Å². The van der Waals surface area contributed by atoms with Crippen LogP contribution in [-0.2, 0) is 22.7 Å². The van der Waals surface area contributed by atoms with Crippen LogP contribution in [0, 0.1) is 0 Å². The Morgan fingerprint density at radius 3 is 2.26 bits per heavy atom. The van der Waals surface area contributed by atoms with Crippen molar-refractivity contribution in [2.24, 2.45) is 0 Å². The van der Waals surface area contributed by atoms with Crippen LogP contribution in [0.1, 0.15) is 11.3 Å². The number of phenols is 1. The molecule has 3 aromatic rings. The average molecular weight is 505 g/mol. The molecule has 0 saturated heterocycles. The quantitative estimate of drug-likeness (QED) is 0.478. The number of halogens is 6. The van der Waals surface area contributed by atoms with Gasteiger partial charge in [0.15, 0.2) is 0 Å². The van der Waals surface area contributed by atoms with Gasteiger partial charge in [-0.15, -0.1) is 13.2 Å². The molecule has 0 atom stereocenters. The zero-order valence-corrected chi connectivity index (χ0v) is 17.5. The summed E-state index contributed by atoms with van der Waals surface area (Å²) in [5.74, 6) is -1.43. The number of aromatic nitrogens is 1. The number of nitrogens with zero attached hydrogens (tertiary/aromatic N) is 2. The summed E-state index contributed by atoms with van der Waals surface area (Å²) in [7, 11) is -4.52. The number of para-hydroxylation sites is 1. The van der Waals surface area contributed by atoms with Gasteiger partial charge in [0.2, 0.25) is 0 Å². The van der Waals surface area contributed by atoms with Crippen LogP contribution in [0.25, 0.3) is 0 Å². The SMILES string of the molecule is O=S(=O)(c1ccc(OC(F)(F)F)cc1)N1Cc2ccc(C(F)(F)F)nc2Nc2cccc(O)c21. The second-order valence-electron chi connectivity index (χ2n) is 7.03. The molecule has 2 N–H and O–H groups in total. The van der Waals surface area contributed by atoms with Crippen molar-refractivity contribution < 1.29 is 44.6 Å². The lowest BCUT2D eigenvalue weighted by Crippen LogP contribution is -2.30. The van der Waals surface area contributed by atoms with Gasteiger partial charge in [-0.25, -0.2) is 13.4 Å². The smallest absolute Gasteiger partial charge is 0.506 e. The zero-order valence-electron chi connectivity index (χ0n) is 16.6. The first kappa shape index (κ1) is 23.5. The molecule has 2 heterocycles. The molecule has 0 aliphatic carbocycles. The number of pyridine rings is 1. The highest BCUT2D eigenvalue weighted by Gasteiger charge is 2.36. The molecule has 2 aromatic carbocycles. The van der Waals surface area contributed by atoms with Crippen LogP contribution in [0.4, 0.5) is 43.5 Å². The number of fused-ring (bicyclic) bond motifs is 2. The molecular weight excluding hydrogens is 492 g/mol. The molecule has 0 spiro atoms. The number of anilines is 3. The number of aromatic hydroxyl groups is 1. The second kappa shape index (κ2) is 7.97. The highest BCUT2D eigenvalue weighted by molar-refractivity contribution is 7.92. The van der Waals surface area contributed by atoms with Crippen LogP contribution >= 0.6 is 0 Å². The van der Waals surface area contributed by atoms with Crippen molar-refractivity contribution in [3.8, 4) is 11.5 Å². The Labute approximate surface area is 188 Å². The third-order valence-corrected chi connectivity index (χ3v) is 6.51. The van der Waals surface area contributed by atoms with Gasteiger partial charge >= 0.3 is 12.5 Å². The van der Waals surface area contributed by atoms with E-state index in [1.54, 1.807) is 0 Å². The molecule has 0 fully saturated rings. The maximum absolute atomic E-state index is 13.4. The molecule has 0 bridgehead atoms. The van der Waals surface area contributed by atoms with Gasteiger partial charge in [-0.05, 0) is 42.5 Å². The summed E-state index contributed by atoms with van der Waals surface area (Å²) < 4.78 is 108. The maximum atomic E-state index is 13.4. The maximum Gasteiger partial charge on any atom is 0.573 e. The standard InChI is InChI=1S/C20H13F6N3O4S/c21-19(22,23)16-9-4-11-10-29(17-14(27-18(11)28-16)2-1-3-15(17)30)34(31,32)13-7-5-12(6-8-13)33-20(24,25)26/h1-9,30H,10H2,(H,27,28). The number of alkyl halides is 6. The summed E-state index contributed by atoms with van der Waals surface area (Å²) in [4.78, 5) is 3.10. The van der Waals surface area contributed by atoms with E-state index in [2.05, 4.69) is 15.0 Å². The minimum absolute atomic E-state index is 0.0498. The number of hydrogen-bond donors (Lipinski definition) is 2. The van der Waals surface area contributed by atoms with Gasteiger partial charge in [0.25, 0.3) is 10.0 Å². The fraction of sp³-hybridized carbons (Fsp3) is 0.150. The zero-order chi connectivity index (χ0) is 24.9. The van der Waals surface area contributed by atoms with E-state index in [9.17, 15) is 39.9 Å². The lowest BCUT2D eigenvalue weighted by molar-refractivity contribution is -0.274. The number of hydrogen-bond acceptors (Lipinski definition) is 6. The Kier molecular flexibility index (Phi) is 5.50. The van der Waals surface area contributed by atoms with Gasteiger partial charge in [0.1, 0.15) is 28.7 Å². The summed E-state index contributed by atoms with van der Waals surface area (Å²) in [5, 5.41) is 13.0. The van der Waals surface area contributed by atoms with Crippen molar-refractivity contribution in [2.45, 2.75) is 24.0 Å². The summed E-state index contributed by atoms with van der Waals surface area (Å²) in [5.41, 5.74) is -1.47. The number of nitrogens with one attached hydrogen (secondary N) is 1. The first-order valence-electron chi connectivity index (χ1n) is 9.30. The summed E-state index contributed by atoms with van der Waals surface area (Å²) in [6, 6.07) is 8.92. The topological polar surface area (TPSA) is 91.8 Å². The molecule has 14 heteroatoms. The summed E-state index contributed by atoms with van der Waals surface area (Å²) in [6.45, 7) is -0.527. The molecular formula is C20H13F6N3O4S. The van der Waals surface area contributed by atoms with E-state index in [4.69, 9.17) is 0 Å². The molecule has 0 saturated carbocycles. The third-order valence-electron chi connectivity index (χ3n) is 4.75. The van der Waals surface area contributed by atoms with E-state index in [0.29, 0.717) is 6.07 Å². The average Bonchev–Trinajstić information content (AvgIpc) is 2.89. The number of rotatable bonds is 3. The van der Waals surface area contributed by atoms with Crippen molar-refractivity contribution in [1.82, 2.24) is 4.98 Å². The molecule has 0 amide bonds. The summed E-state index contributed by atoms with van der Waals surface area (Å²) >= 11 is 0. The normalized spacial score (nSPS) is 14.0. The number of ether oxygens (including phenoxy) is 1. The number of benzene rings is 2. The van der Waals surface area contributed by atoms with Crippen molar-refractivity contribution in [1.29, 1.82) is 0 Å². The van der Waals surface area contributed by atoms with Crippen molar-refractivity contribution >= 4 is 27.2 Å². The van der Waals surface area contributed by atoms with Crippen molar-refractivity contribution in [3.63, 3.8) is 0 Å². The lowest BCUT2D eigenvalue weighted by Gasteiger charge is -2.25. The third kappa shape index (κ3) is 4.53. The van der Waals surface area contributed by atoms with Crippen molar-refractivity contribution in [2.75, 3.05) is 9.62 Å². The Bertz CT molecular complexity index is 1340. The fourth-order valence-corrected chi connectivity index (χ4v) is 4.76. The molecule has 0 unspecified atom stereocenters. The van der Waals surface area contributed by atoms with Gasteiger partial charge in [0, 0.05) is 5.56 Å². The van der Waals surface area contributed by atoms with Gasteiger partial charge in [-0.3, -0.25) is 4.31 Å². The minimum Gasteiger partial charge on any atom is -0.506 e. The molecule has 7 nitrogen and oxygen atoms in total. The van der Waals surface area contributed by atoms with Crippen molar-refractivity contribution in [3.05, 3.63) is 65.9 Å². The Morgan fingerprint density at radius 1 is 0.971 bits per heavy atom. The molecule has 1 aromatic heterocycles. The Hall–Kier alpha value is -3.68. The molecule has 180 valence electrons. The second-order valence-corrected chi connectivity index (χ2v) is 8.89. The molecule has 0 radical (unpaired) electrons. The monoisotopic (exact) mass is 505 g/mol. The van der Waals surface area contributed by atoms with E-state index in [1.165, 1.54) is 18.2 Å². The molecule has 4 rings (SSSR count). The first-order chi connectivity index (χ1) is 15.8. The number of phenolic OH excluding ortho intramolecular Hbond substituents is 1. The largest absolute Gasteiger partial charge is 0.573 e. The molecule has 1 aliphatic rings. The molecule has 1 aliphatic heterocycles. The van der Waals surface area contributed by atoms with Gasteiger partial charge in [-0.1, -0.05) is 12.1 Å². The van der Waals surface area contributed by atoms with E-state index in [1.807, 2.05) is 0 Å². The van der Waals surface area contributed by atoms with Gasteiger partial charge in [0.05, 0.1) is 17.1 Å². The van der Waals surface area contributed by atoms with Gasteiger partial charge < -0.3 is 15.2 Å². The number of sulfonamides is 1. The van der Waals surface area contributed by atoms with E-state index >= 15 is 0 Å².